The Morgan fingerprint density at radius 1 is 1.19 bits per heavy atom. The highest BCUT2D eigenvalue weighted by molar-refractivity contribution is 7.16. The van der Waals surface area contributed by atoms with E-state index in [9.17, 15) is 4.79 Å². The quantitative estimate of drug-likeness (QED) is 0.705. The minimum atomic E-state index is 0.0398. The summed E-state index contributed by atoms with van der Waals surface area (Å²) in [5, 5.41) is 13.9. The van der Waals surface area contributed by atoms with Gasteiger partial charge in [0.05, 0.1) is 0 Å². The lowest BCUT2D eigenvalue weighted by Crippen LogP contribution is -2.40. The van der Waals surface area contributed by atoms with E-state index in [4.69, 9.17) is 4.74 Å². The highest BCUT2D eigenvalue weighted by Gasteiger charge is 2.26. The number of fused-ring (bicyclic) bond motifs is 1. The number of hydrogen-bond donors (Lipinski definition) is 0. The number of carbonyl (C=O) groups excluding carboxylic acids is 1. The van der Waals surface area contributed by atoms with Crippen LogP contribution in [0.25, 0.3) is 4.96 Å². The normalized spacial score (nSPS) is 15.5. The molecule has 3 heterocycles. The molecule has 2 aromatic heterocycles. The number of benzene rings is 1. The summed E-state index contributed by atoms with van der Waals surface area (Å²) in [6.07, 6.45) is 1.83. The number of piperidine rings is 1. The Kier molecular flexibility index (Phi) is 4.58. The molecule has 136 valence electrons. The molecule has 3 aromatic rings. The zero-order valence-corrected chi connectivity index (χ0v) is 15.7. The van der Waals surface area contributed by atoms with Crippen LogP contribution in [0, 0.1) is 13.8 Å². The zero-order chi connectivity index (χ0) is 18.1. The number of carbonyl (C=O) groups is 1. The second-order valence-corrected chi connectivity index (χ2v) is 7.63. The predicted octanol–water partition coefficient (Wildman–Crippen LogP) is 2.59. The first-order valence-corrected chi connectivity index (χ1v) is 9.58. The van der Waals surface area contributed by atoms with Crippen molar-refractivity contribution in [3.63, 3.8) is 0 Å². The van der Waals surface area contributed by atoms with Crippen LogP contribution < -0.4 is 4.74 Å². The van der Waals surface area contributed by atoms with Gasteiger partial charge in [-0.15, -0.1) is 10.2 Å². The number of aryl methyl sites for hydroxylation is 2. The molecular formula is C18H21N5O2S. The molecule has 1 aliphatic rings. The zero-order valence-electron chi connectivity index (χ0n) is 14.9. The first-order chi connectivity index (χ1) is 12.6. The van der Waals surface area contributed by atoms with E-state index in [2.05, 4.69) is 15.3 Å². The fourth-order valence-electron chi connectivity index (χ4n) is 3.14. The molecule has 26 heavy (non-hydrogen) atoms. The van der Waals surface area contributed by atoms with Crippen molar-refractivity contribution in [3.8, 4) is 5.75 Å². The van der Waals surface area contributed by atoms with Crippen molar-refractivity contribution in [2.45, 2.75) is 32.6 Å². The lowest BCUT2D eigenvalue weighted by Gasteiger charge is -2.30. The topological polar surface area (TPSA) is 72.6 Å². The van der Waals surface area contributed by atoms with Gasteiger partial charge in [-0.1, -0.05) is 29.0 Å². The van der Waals surface area contributed by atoms with E-state index in [1.54, 1.807) is 15.9 Å². The van der Waals surface area contributed by atoms with Crippen molar-refractivity contribution in [3.05, 3.63) is 40.7 Å². The standard InChI is InChI=1S/C18H21N5O2S/c1-12-3-5-15(6-4-12)25-11-16(24)22-9-7-14(8-10-22)17-21-23-13(2)19-20-18(23)26-17/h3-6,14H,7-11H2,1-2H3. The van der Waals surface area contributed by atoms with E-state index in [1.165, 1.54) is 5.56 Å². The summed E-state index contributed by atoms with van der Waals surface area (Å²) in [5.41, 5.74) is 1.17. The van der Waals surface area contributed by atoms with E-state index in [1.807, 2.05) is 43.0 Å². The summed E-state index contributed by atoms with van der Waals surface area (Å²) in [5.74, 6) is 1.96. The molecule has 0 N–H and O–H groups in total. The maximum Gasteiger partial charge on any atom is 0.260 e. The van der Waals surface area contributed by atoms with E-state index in [-0.39, 0.29) is 12.5 Å². The molecule has 1 amide bonds. The molecule has 0 unspecified atom stereocenters. The van der Waals surface area contributed by atoms with E-state index < -0.39 is 0 Å². The SMILES string of the molecule is Cc1ccc(OCC(=O)N2CCC(c3nn4c(C)nnc4s3)CC2)cc1. The number of rotatable bonds is 4. The van der Waals surface area contributed by atoms with Gasteiger partial charge in [0.2, 0.25) is 4.96 Å². The second-order valence-electron chi connectivity index (χ2n) is 6.64. The lowest BCUT2D eigenvalue weighted by molar-refractivity contribution is -0.134. The van der Waals surface area contributed by atoms with Crippen LogP contribution in [0.15, 0.2) is 24.3 Å². The molecule has 0 bridgehead atoms. The van der Waals surface area contributed by atoms with E-state index >= 15 is 0 Å². The molecular weight excluding hydrogens is 350 g/mol. The van der Waals surface area contributed by atoms with Gasteiger partial charge in [-0.05, 0) is 38.8 Å². The summed E-state index contributed by atoms with van der Waals surface area (Å²) in [4.78, 5) is 15.1. The van der Waals surface area contributed by atoms with Gasteiger partial charge in [-0.3, -0.25) is 4.79 Å². The van der Waals surface area contributed by atoms with Gasteiger partial charge in [0.1, 0.15) is 10.8 Å². The van der Waals surface area contributed by atoms with Crippen molar-refractivity contribution >= 4 is 22.2 Å². The molecule has 4 rings (SSSR count). The summed E-state index contributed by atoms with van der Waals surface area (Å²) < 4.78 is 7.41. The van der Waals surface area contributed by atoms with Gasteiger partial charge < -0.3 is 9.64 Å². The molecule has 0 saturated carbocycles. The van der Waals surface area contributed by atoms with Gasteiger partial charge in [-0.25, -0.2) is 0 Å². The summed E-state index contributed by atoms with van der Waals surface area (Å²) >= 11 is 1.59. The molecule has 1 fully saturated rings. The first-order valence-electron chi connectivity index (χ1n) is 8.76. The van der Waals surface area contributed by atoms with Crippen molar-refractivity contribution in [2.75, 3.05) is 19.7 Å². The molecule has 0 radical (unpaired) electrons. The van der Waals surface area contributed by atoms with Crippen LogP contribution in [0.2, 0.25) is 0 Å². The van der Waals surface area contributed by atoms with Crippen LogP contribution >= 0.6 is 11.3 Å². The van der Waals surface area contributed by atoms with Crippen LogP contribution in [0.3, 0.4) is 0 Å². The van der Waals surface area contributed by atoms with Crippen molar-refractivity contribution < 1.29 is 9.53 Å². The lowest BCUT2D eigenvalue weighted by atomic mass is 9.97. The highest BCUT2D eigenvalue weighted by atomic mass is 32.1. The van der Waals surface area contributed by atoms with Crippen LogP contribution in [0.4, 0.5) is 0 Å². The monoisotopic (exact) mass is 371 g/mol. The fraction of sp³-hybridized carbons (Fsp3) is 0.444. The molecule has 0 atom stereocenters. The number of likely N-dealkylation sites (tertiary alicyclic amines) is 1. The number of nitrogens with zero attached hydrogens (tertiary/aromatic N) is 5. The van der Waals surface area contributed by atoms with E-state index in [0.717, 1.165) is 47.5 Å². The third kappa shape index (κ3) is 3.41. The smallest absolute Gasteiger partial charge is 0.260 e. The van der Waals surface area contributed by atoms with Crippen LogP contribution in [-0.2, 0) is 4.79 Å². The average Bonchev–Trinajstić information content (AvgIpc) is 3.23. The number of ether oxygens (including phenoxy) is 1. The summed E-state index contributed by atoms with van der Waals surface area (Å²) in [6.45, 7) is 5.49. The summed E-state index contributed by atoms with van der Waals surface area (Å²) in [6, 6.07) is 7.75. The third-order valence-corrected chi connectivity index (χ3v) is 5.80. The minimum Gasteiger partial charge on any atom is -0.484 e. The van der Waals surface area contributed by atoms with Gasteiger partial charge >= 0.3 is 0 Å². The fourth-order valence-corrected chi connectivity index (χ4v) is 4.19. The Labute approximate surface area is 155 Å². The van der Waals surface area contributed by atoms with Crippen molar-refractivity contribution in [2.24, 2.45) is 0 Å². The van der Waals surface area contributed by atoms with Crippen LogP contribution in [0.1, 0.15) is 35.2 Å². The van der Waals surface area contributed by atoms with Crippen LogP contribution in [-0.4, -0.2) is 50.3 Å². The molecule has 8 heteroatoms. The predicted molar refractivity (Wildman–Crippen MR) is 98.6 cm³/mol. The molecule has 0 aliphatic carbocycles. The van der Waals surface area contributed by atoms with E-state index in [0.29, 0.717) is 5.92 Å². The molecule has 0 spiro atoms. The Morgan fingerprint density at radius 3 is 2.62 bits per heavy atom. The molecule has 1 saturated heterocycles. The number of aromatic nitrogens is 4. The Balaban J connectivity index is 1.31. The summed E-state index contributed by atoms with van der Waals surface area (Å²) in [7, 11) is 0. The Bertz CT molecular complexity index is 909. The minimum absolute atomic E-state index is 0.0398. The number of amides is 1. The van der Waals surface area contributed by atoms with Gasteiger partial charge in [0.25, 0.3) is 5.91 Å². The second kappa shape index (κ2) is 7.03. The Hall–Kier alpha value is -2.48. The average molecular weight is 371 g/mol. The van der Waals surface area contributed by atoms with Gasteiger partial charge in [0, 0.05) is 19.0 Å². The molecule has 7 nitrogen and oxygen atoms in total. The maximum atomic E-state index is 12.4. The first kappa shape index (κ1) is 17.0. The van der Waals surface area contributed by atoms with Gasteiger partial charge in [-0.2, -0.15) is 9.61 Å². The maximum absolute atomic E-state index is 12.4. The van der Waals surface area contributed by atoms with Crippen molar-refractivity contribution in [1.29, 1.82) is 0 Å². The number of hydrogen-bond acceptors (Lipinski definition) is 6. The molecule has 1 aromatic carbocycles. The third-order valence-electron chi connectivity index (χ3n) is 4.74. The largest absolute Gasteiger partial charge is 0.484 e. The Morgan fingerprint density at radius 2 is 1.92 bits per heavy atom. The van der Waals surface area contributed by atoms with Crippen LogP contribution in [0.5, 0.6) is 5.75 Å². The molecule has 1 aliphatic heterocycles. The van der Waals surface area contributed by atoms with Gasteiger partial charge in [0.15, 0.2) is 12.4 Å². The van der Waals surface area contributed by atoms with Crippen molar-refractivity contribution in [1.82, 2.24) is 24.7 Å². The highest BCUT2D eigenvalue weighted by Crippen LogP contribution is 2.31.